The molecule has 0 aromatic rings. The summed E-state index contributed by atoms with van der Waals surface area (Å²) in [5.41, 5.74) is 4.29. The normalized spacial score (nSPS) is 29.4. The lowest BCUT2D eigenvalue weighted by Gasteiger charge is -2.17. The van der Waals surface area contributed by atoms with Crippen LogP contribution in [-0.4, -0.2) is 9.52 Å². The minimum absolute atomic E-state index is 0.838. The van der Waals surface area contributed by atoms with Crippen molar-refractivity contribution in [2.24, 2.45) is 0 Å². The third kappa shape index (κ3) is 1.22. The molecular formula is C10H14Si. The van der Waals surface area contributed by atoms with Gasteiger partial charge in [0.2, 0.25) is 0 Å². The Morgan fingerprint density at radius 2 is 2.18 bits per heavy atom. The van der Waals surface area contributed by atoms with E-state index in [1.807, 2.05) is 0 Å². The molecule has 1 atom stereocenters. The highest BCUT2D eigenvalue weighted by atomic mass is 28.2. The molecular weight excluding hydrogens is 148 g/mol. The van der Waals surface area contributed by atoms with Crippen LogP contribution < -0.4 is 0 Å². The van der Waals surface area contributed by atoms with Crippen LogP contribution in [0.25, 0.3) is 0 Å². The van der Waals surface area contributed by atoms with Crippen molar-refractivity contribution in [3.63, 3.8) is 0 Å². The molecule has 58 valence electrons. The second-order valence-electron chi connectivity index (χ2n) is 3.38. The summed E-state index contributed by atoms with van der Waals surface area (Å²) < 4.78 is 0. The van der Waals surface area contributed by atoms with Crippen molar-refractivity contribution in [2.45, 2.75) is 37.8 Å². The maximum absolute atomic E-state index is 2.41. The largest absolute Gasteiger partial charge is 0.0803 e. The zero-order valence-corrected chi connectivity index (χ0v) is 8.06. The summed E-state index contributed by atoms with van der Waals surface area (Å²) in [5.74, 6) is 0. The van der Waals surface area contributed by atoms with Gasteiger partial charge in [0.25, 0.3) is 0 Å². The predicted molar refractivity (Wildman–Crippen MR) is 50.0 cm³/mol. The molecule has 0 bridgehead atoms. The van der Waals surface area contributed by atoms with E-state index in [1.165, 1.54) is 25.7 Å². The third-order valence-corrected chi connectivity index (χ3v) is 3.89. The van der Waals surface area contributed by atoms with Gasteiger partial charge in [-0.15, -0.1) is 0 Å². The maximum Gasteiger partial charge on any atom is 0.0487 e. The first-order valence-electron chi connectivity index (χ1n) is 4.49. The Balaban J connectivity index is 2.21. The molecule has 0 saturated carbocycles. The van der Waals surface area contributed by atoms with Crippen LogP contribution in [0.2, 0.25) is 12.1 Å². The van der Waals surface area contributed by atoms with Crippen LogP contribution in [0.15, 0.2) is 23.3 Å². The van der Waals surface area contributed by atoms with E-state index >= 15 is 0 Å². The summed E-state index contributed by atoms with van der Waals surface area (Å²) in [6, 6.07) is 0. The smallest absolute Gasteiger partial charge is 0.0487 e. The van der Waals surface area contributed by atoms with Crippen molar-refractivity contribution in [3.8, 4) is 0 Å². The van der Waals surface area contributed by atoms with Crippen LogP contribution in [0.5, 0.6) is 0 Å². The predicted octanol–water partition coefficient (Wildman–Crippen LogP) is 2.97. The first-order chi connectivity index (χ1) is 5.42. The maximum atomic E-state index is 2.41. The number of rotatable bonds is 1. The zero-order valence-electron chi connectivity index (χ0n) is 7.06. The van der Waals surface area contributed by atoms with Crippen molar-refractivity contribution in [1.29, 1.82) is 0 Å². The molecule has 0 heterocycles. The lowest BCUT2D eigenvalue weighted by Crippen LogP contribution is -2.02. The standard InChI is InChI=1S/C10H14Si/c1-11-10-7-6-8-4-2-3-5-9(8)10/h6-7,10H,2-5H2,1H3. The van der Waals surface area contributed by atoms with Gasteiger partial charge >= 0.3 is 0 Å². The van der Waals surface area contributed by atoms with Crippen LogP contribution in [0.1, 0.15) is 25.7 Å². The van der Waals surface area contributed by atoms with Gasteiger partial charge in [0.1, 0.15) is 0 Å². The van der Waals surface area contributed by atoms with Crippen LogP contribution in [0, 0.1) is 0 Å². The van der Waals surface area contributed by atoms with E-state index in [4.69, 9.17) is 0 Å². The van der Waals surface area contributed by atoms with Gasteiger partial charge in [0.05, 0.1) is 0 Å². The minimum atomic E-state index is 0.838. The molecule has 0 nitrogen and oxygen atoms in total. The van der Waals surface area contributed by atoms with Gasteiger partial charge in [-0.25, -0.2) is 0 Å². The highest BCUT2D eigenvalue weighted by Crippen LogP contribution is 2.38. The molecule has 0 aliphatic heterocycles. The Bertz CT molecular complexity index is 213. The molecule has 2 aliphatic rings. The Hall–Kier alpha value is -0.303. The SMILES string of the molecule is C[Si]C1C=CC2=C1CCCC2. The van der Waals surface area contributed by atoms with Gasteiger partial charge in [-0.05, 0) is 36.8 Å². The first-order valence-corrected chi connectivity index (χ1v) is 6.07. The molecule has 1 unspecified atom stereocenters. The van der Waals surface area contributed by atoms with E-state index in [1.54, 1.807) is 11.1 Å². The van der Waals surface area contributed by atoms with Gasteiger partial charge in [-0.3, -0.25) is 0 Å². The molecule has 11 heavy (non-hydrogen) atoms. The van der Waals surface area contributed by atoms with Crippen molar-refractivity contribution < 1.29 is 0 Å². The summed E-state index contributed by atoms with van der Waals surface area (Å²) in [7, 11) is 1.08. The summed E-state index contributed by atoms with van der Waals surface area (Å²) in [4.78, 5) is 0. The van der Waals surface area contributed by atoms with E-state index in [-0.39, 0.29) is 0 Å². The quantitative estimate of drug-likeness (QED) is 0.520. The Kier molecular flexibility index (Phi) is 1.99. The number of hydrogen-bond acceptors (Lipinski definition) is 0. The summed E-state index contributed by atoms with van der Waals surface area (Å²) >= 11 is 0. The fraction of sp³-hybridized carbons (Fsp3) is 0.600. The number of allylic oxidation sites excluding steroid dienone is 4. The van der Waals surface area contributed by atoms with Crippen molar-refractivity contribution in [1.82, 2.24) is 0 Å². The van der Waals surface area contributed by atoms with E-state index in [0.29, 0.717) is 0 Å². The second kappa shape index (κ2) is 2.98. The van der Waals surface area contributed by atoms with Crippen molar-refractivity contribution >= 4 is 9.52 Å². The Morgan fingerprint density at radius 1 is 1.36 bits per heavy atom. The van der Waals surface area contributed by atoms with E-state index in [9.17, 15) is 0 Å². The Labute approximate surface area is 71.2 Å². The van der Waals surface area contributed by atoms with Gasteiger partial charge in [0.15, 0.2) is 0 Å². The van der Waals surface area contributed by atoms with Gasteiger partial charge in [-0.2, -0.15) is 0 Å². The molecule has 0 saturated heterocycles. The Morgan fingerprint density at radius 3 is 3.00 bits per heavy atom. The molecule has 2 rings (SSSR count). The van der Waals surface area contributed by atoms with E-state index in [0.717, 1.165) is 15.1 Å². The summed E-state index contributed by atoms with van der Waals surface area (Å²) in [5, 5.41) is 0. The van der Waals surface area contributed by atoms with E-state index in [2.05, 4.69) is 18.7 Å². The first kappa shape index (κ1) is 7.35. The molecule has 2 aliphatic carbocycles. The third-order valence-electron chi connectivity index (χ3n) is 2.73. The van der Waals surface area contributed by atoms with Crippen LogP contribution in [-0.2, 0) is 0 Å². The van der Waals surface area contributed by atoms with Gasteiger partial charge in [0, 0.05) is 9.52 Å². The molecule has 1 heteroatoms. The molecule has 2 radical (unpaired) electrons. The minimum Gasteiger partial charge on any atom is -0.0803 e. The van der Waals surface area contributed by atoms with Crippen LogP contribution in [0.4, 0.5) is 0 Å². The average Bonchev–Trinajstić information content (AvgIpc) is 2.47. The van der Waals surface area contributed by atoms with Gasteiger partial charge in [-0.1, -0.05) is 24.3 Å². The molecule has 0 N–H and O–H groups in total. The molecule has 0 aromatic carbocycles. The summed E-state index contributed by atoms with van der Waals surface area (Å²) in [6.07, 6.45) is 10.4. The number of hydrogen-bond donors (Lipinski definition) is 0. The van der Waals surface area contributed by atoms with Crippen molar-refractivity contribution in [3.05, 3.63) is 23.3 Å². The molecule has 0 amide bonds. The highest BCUT2D eigenvalue weighted by molar-refractivity contribution is 6.38. The second-order valence-corrected chi connectivity index (χ2v) is 4.58. The summed E-state index contributed by atoms with van der Waals surface area (Å²) in [6.45, 7) is 2.32. The van der Waals surface area contributed by atoms with Gasteiger partial charge < -0.3 is 0 Å². The molecule has 0 aromatic heterocycles. The molecule has 0 spiro atoms. The average molecular weight is 162 g/mol. The lowest BCUT2D eigenvalue weighted by molar-refractivity contribution is 0.680. The van der Waals surface area contributed by atoms with Crippen LogP contribution >= 0.6 is 0 Å². The van der Waals surface area contributed by atoms with Crippen LogP contribution in [0.3, 0.4) is 0 Å². The molecule has 0 fully saturated rings. The van der Waals surface area contributed by atoms with E-state index < -0.39 is 0 Å². The fourth-order valence-corrected chi connectivity index (χ4v) is 3.06. The van der Waals surface area contributed by atoms with Crippen molar-refractivity contribution in [2.75, 3.05) is 0 Å². The lowest BCUT2D eigenvalue weighted by atomic mass is 9.94. The topological polar surface area (TPSA) is 0 Å². The monoisotopic (exact) mass is 162 g/mol. The zero-order chi connectivity index (χ0) is 7.68. The highest BCUT2D eigenvalue weighted by Gasteiger charge is 2.20. The fourth-order valence-electron chi connectivity index (χ4n) is 2.10.